The third-order valence-electron chi connectivity index (χ3n) is 5.30. The van der Waals surface area contributed by atoms with Crippen molar-refractivity contribution in [1.29, 1.82) is 0 Å². The highest BCUT2D eigenvalue weighted by Gasteiger charge is 2.30. The zero-order valence-electron chi connectivity index (χ0n) is 15.9. The average Bonchev–Trinajstić information content (AvgIpc) is 2.76. The fraction of sp³-hybridized carbons (Fsp3) is 0.292. The summed E-state index contributed by atoms with van der Waals surface area (Å²) in [4.78, 5) is 4.38. The van der Waals surface area contributed by atoms with Crippen LogP contribution in [0, 0.1) is 0 Å². The van der Waals surface area contributed by atoms with Crippen LogP contribution < -0.4 is 5.32 Å². The van der Waals surface area contributed by atoms with Gasteiger partial charge in [0.1, 0.15) is 0 Å². The Morgan fingerprint density at radius 2 is 1.50 bits per heavy atom. The Morgan fingerprint density at radius 1 is 0.857 bits per heavy atom. The van der Waals surface area contributed by atoms with Gasteiger partial charge in [0.2, 0.25) is 0 Å². The predicted molar refractivity (Wildman–Crippen MR) is 116 cm³/mol. The summed E-state index contributed by atoms with van der Waals surface area (Å²) in [6, 6.07) is 27.9. The molecular formula is C24H27ClN2O. The van der Waals surface area contributed by atoms with Gasteiger partial charge in [0, 0.05) is 24.7 Å². The van der Waals surface area contributed by atoms with Crippen molar-refractivity contribution in [3.8, 4) is 0 Å². The van der Waals surface area contributed by atoms with Gasteiger partial charge < -0.3 is 10.1 Å². The molecule has 0 spiro atoms. The van der Waals surface area contributed by atoms with E-state index in [9.17, 15) is 0 Å². The van der Waals surface area contributed by atoms with Crippen LogP contribution in [0.2, 0.25) is 0 Å². The van der Waals surface area contributed by atoms with Crippen LogP contribution in [-0.2, 0) is 11.3 Å². The van der Waals surface area contributed by atoms with Gasteiger partial charge in [0.25, 0.3) is 0 Å². The lowest BCUT2D eigenvalue weighted by molar-refractivity contribution is -0.0117. The van der Waals surface area contributed by atoms with Crippen LogP contribution >= 0.6 is 12.4 Å². The molecule has 0 saturated carbocycles. The van der Waals surface area contributed by atoms with Crippen LogP contribution in [0.1, 0.15) is 35.6 Å². The van der Waals surface area contributed by atoms with Crippen molar-refractivity contribution in [2.24, 2.45) is 0 Å². The number of rotatable bonds is 6. The Bertz CT molecular complexity index is 766. The molecule has 1 aliphatic heterocycles. The molecule has 146 valence electrons. The van der Waals surface area contributed by atoms with E-state index in [2.05, 4.69) is 77.0 Å². The minimum Gasteiger partial charge on any atom is -0.376 e. The molecule has 1 aromatic heterocycles. The smallest absolute Gasteiger partial charge is 0.0685 e. The van der Waals surface area contributed by atoms with E-state index in [-0.39, 0.29) is 24.4 Å². The molecule has 1 aliphatic rings. The third-order valence-corrected chi connectivity index (χ3v) is 5.30. The Labute approximate surface area is 173 Å². The summed E-state index contributed by atoms with van der Waals surface area (Å²) >= 11 is 0. The van der Waals surface area contributed by atoms with Gasteiger partial charge >= 0.3 is 0 Å². The van der Waals surface area contributed by atoms with Gasteiger partial charge in [0.15, 0.2) is 0 Å². The number of ether oxygens (including phenoxy) is 1. The molecule has 0 radical (unpaired) electrons. The Balaban J connectivity index is 0.00000225. The van der Waals surface area contributed by atoms with Crippen molar-refractivity contribution < 1.29 is 4.74 Å². The standard InChI is InChI=1S/C24H26N2O.ClH/c1-3-9-19(10-4-1)24(20-11-5-2-6-12-20)23-15-14-22(18-27-23)26-17-21-13-7-8-16-25-21;/h1-13,16,22-24,26H,14-15,17-18H2;1H/t22-,23-;/m0./s1. The second kappa shape index (κ2) is 10.4. The summed E-state index contributed by atoms with van der Waals surface area (Å²) in [6.07, 6.45) is 4.22. The molecule has 0 amide bonds. The maximum atomic E-state index is 6.37. The van der Waals surface area contributed by atoms with Crippen LogP contribution in [0.15, 0.2) is 85.1 Å². The van der Waals surface area contributed by atoms with E-state index in [1.54, 1.807) is 0 Å². The Kier molecular flexibility index (Phi) is 7.61. The SMILES string of the molecule is Cl.c1ccc(C(c2ccccc2)[C@@H]2CC[C@H](NCc3ccccn3)CO2)cc1. The summed E-state index contributed by atoms with van der Waals surface area (Å²) in [5.41, 5.74) is 3.73. The second-order valence-corrected chi connectivity index (χ2v) is 7.15. The molecule has 4 heteroatoms. The predicted octanol–water partition coefficient (Wildman–Crippen LogP) is 4.97. The monoisotopic (exact) mass is 394 g/mol. The van der Waals surface area contributed by atoms with Gasteiger partial charge in [0.05, 0.1) is 18.4 Å². The van der Waals surface area contributed by atoms with E-state index in [1.807, 2.05) is 18.3 Å². The third kappa shape index (κ3) is 5.20. The average molecular weight is 395 g/mol. The molecule has 2 atom stereocenters. The molecule has 3 aromatic rings. The van der Waals surface area contributed by atoms with Crippen molar-refractivity contribution in [2.75, 3.05) is 6.61 Å². The molecular weight excluding hydrogens is 368 g/mol. The van der Waals surface area contributed by atoms with Crippen molar-refractivity contribution in [1.82, 2.24) is 10.3 Å². The number of nitrogens with zero attached hydrogens (tertiary/aromatic N) is 1. The topological polar surface area (TPSA) is 34.2 Å². The first kappa shape index (κ1) is 20.5. The minimum atomic E-state index is 0. The molecule has 4 rings (SSSR count). The highest BCUT2D eigenvalue weighted by atomic mass is 35.5. The van der Waals surface area contributed by atoms with Crippen LogP contribution in [-0.4, -0.2) is 23.7 Å². The molecule has 1 saturated heterocycles. The quantitative estimate of drug-likeness (QED) is 0.640. The summed E-state index contributed by atoms with van der Waals surface area (Å²) < 4.78 is 6.37. The van der Waals surface area contributed by atoms with E-state index in [4.69, 9.17) is 4.74 Å². The largest absolute Gasteiger partial charge is 0.376 e. The number of hydrogen-bond donors (Lipinski definition) is 1. The first-order valence-electron chi connectivity index (χ1n) is 9.75. The summed E-state index contributed by atoms with van der Waals surface area (Å²) in [5.74, 6) is 0.282. The first-order chi connectivity index (χ1) is 13.4. The Morgan fingerprint density at radius 3 is 2.04 bits per heavy atom. The van der Waals surface area contributed by atoms with E-state index in [0.29, 0.717) is 6.04 Å². The van der Waals surface area contributed by atoms with Crippen LogP contribution in [0.25, 0.3) is 0 Å². The molecule has 28 heavy (non-hydrogen) atoms. The van der Waals surface area contributed by atoms with Crippen molar-refractivity contribution in [3.05, 3.63) is 102 Å². The number of benzene rings is 2. The van der Waals surface area contributed by atoms with E-state index in [1.165, 1.54) is 11.1 Å². The van der Waals surface area contributed by atoms with Crippen molar-refractivity contribution in [3.63, 3.8) is 0 Å². The molecule has 1 N–H and O–H groups in total. The molecule has 0 bridgehead atoms. The number of aromatic nitrogens is 1. The van der Waals surface area contributed by atoms with Gasteiger partial charge in [-0.25, -0.2) is 0 Å². The normalized spacial score (nSPS) is 19.2. The lowest BCUT2D eigenvalue weighted by Gasteiger charge is -2.35. The minimum absolute atomic E-state index is 0. The summed E-state index contributed by atoms with van der Waals surface area (Å²) in [6.45, 7) is 1.54. The lowest BCUT2D eigenvalue weighted by Crippen LogP contribution is -2.41. The molecule has 2 heterocycles. The van der Waals surface area contributed by atoms with Gasteiger partial charge in [-0.2, -0.15) is 0 Å². The molecule has 2 aromatic carbocycles. The number of pyridine rings is 1. The van der Waals surface area contributed by atoms with Gasteiger partial charge in [-0.3, -0.25) is 4.98 Å². The van der Waals surface area contributed by atoms with Gasteiger partial charge in [-0.15, -0.1) is 12.4 Å². The fourth-order valence-corrected chi connectivity index (χ4v) is 3.89. The summed E-state index contributed by atoms with van der Waals surface area (Å²) in [5, 5.41) is 3.59. The van der Waals surface area contributed by atoms with Crippen molar-refractivity contribution in [2.45, 2.75) is 37.5 Å². The zero-order chi connectivity index (χ0) is 18.3. The van der Waals surface area contributed by atoms with Crippen molar-refractivity contribution >= 4 is 12.4 Å². The van der Waals surface area contributed by atoms with Gasteiger partial charge in [-0.05, 0) is 36.1 Å². The van der Waals surface area contributed by atoms with E-state index < -0.39 is 0 Å². The molecule has 3 nitrogen and oxygen atoms in total. The zero-order valence-corrected chi connectivity index (χ0v) is 16.7. The van der Waals surface area contributed by atoms with E-state index >= 15 is 0 Å². The lowest BCUT2D eigenvalue weighted by atomic mass is 9.83. The van der Waals surface area contributed by atoms with E-state index in [0.717, 1.165) is 31.7 Å². The maximum absolute atomic E-state index is 6.37. The van der Waals surface area contributed by atoms with Crippen LogP contribution in [0.5, 0.6) is 0 Å². The second-order valence-electron chi connectivity index (χ2n) is 7.15. The number of nitrogens with one attached hydrogen (secondary N) is 1. The number of halogens is 1. The Hall–Kier alpha value is -2.20. The van der Waals surface area contributed by atoms with Crippen LogP contribution in [0.3, 0.4) is 0 Å². The highest BCUT2D eigenvalue weighted by molar-refractivity contribution is 5.85. The molecule has 0 aliphatic carbocycles. The first-order valence-corrected chi connectivity index (χ1v) is 9.75. The maximum Gasteiger partial charge on any atom is 0.0685 e. The summed E-state index contributed by atoms with van der Waals surface area (Å²) in [7, 11) is 0. The number of hydrogen-bond acceptors (Lipinski definition) is 3. The van der Waals surface area contributed by atoms with Crippen LogP contribution in [0.4, 0.5) is 0 Å². The molecule has 0 unspecified atom stereocenters. The highest BCUT2D eigenvalue weighted by Crippen LogP contribution is 2.34. The molecule has 1 fully saturated rings. The van der Waals surface area contributed by atoms with Gasteiger partial charge in [-0.1, -0.05) is 66.7 Å². The fourth-order valence-electron chi connectivity index (χ4n) is 3.89.